The van der Waals surface area contributed by atoms with Crippen LogP contribution in [-0.2, 0) is 0 Å². The van der Waals surface area contributed by atoms with Gasteiger partial charge in [-0.25, -0.2) is 0 Å². The zero-order valence-corrected chi connectivity index (χ0v) is 22.7. The summed E-state index contributed by atoms with van der Waals surface area (Å²) in [6.45, 7) is 5.16. The van der Waals surface area contributed by atoms with Crippen molar-refractivity contribution in [2.45, 2.75) is 52.4 Å². The first-order valence-corrected chi connectivity index (χ1v) is 12.8. The SMILES string of the molecule is CCCCCCCCOc1cc(-c2cc(C)c(Br)cc2I)c(I)cc1Br. The smallest absolute Gasteiger partial charge is 0.134 e. The van der Waals surface area contributed by atoms with Crippen molar-refractivity contribution in [3.8, 4) is 16.9 Å². The molecular formula is C21H24Br2I2O. The van der Waals surface area contributed by atoms with Crippen LogP contribution in [0.4, 0.5) is 0 Å². The second-order valence-electron chi connectivity index (χ2n) is 6.46. The van der Waals surface area contributed by atoms with Crippen molar-refractivity contribution in [1.29, 1.82) is 0 Å². The maximum absolute atomic E-state index is 6.09. The van der Waals surface area contributed by atoms with Crippen LogP contribution in [0.1, 0.15) is 51.0 Å². The Morgan fingerprint density at radius 3 is 2.08 bits per heavy atom. The average Bonchev–Trinajstić information content (AvgIpc) is 2.59. The molecule has 0 bridgehead atoms. The second-order valence-corrected chi connectivity index (χ2v) is 10.5. The van der Waals surface area contributed by atoms with Gasteiger partial charge in [0.15, 0.2) is 0 Å². The third-order valence-corrected chi connectivity index (χ3v) is 7.57. The van der Waals surface area contributed by atoms with Crippen LogP contribution >= 0.6 is 77.0 Å². The lowest BCUT2D eigenvalue weighted by atomic mass is 10.0. The number of hydrogen-bond acceptors (Lipinski definition) is 1. The highest BCUT2D eigenvalue weighted by Gasteiger charge is 2.13. The topological polar surface area (TPSA) is 9.23 Å². The average molecular weight is 706 g/mol. The van der Waals surface area contributed by atoms with E-state index in [4.69, 9.17) is 4.74 Å². The van der Waals surface area contributed by atoms with Crippen LogP contribution < -0.4 is 4.74 Å². The molecule has 0 fully saturated rings. The van der Waals surface area contributed by atoms with Gasteiger partial charge < -0.3 is 4.74 Å². The molecule has 0 aromatic heterocycles. The highest BCUT2D eigenvalue weighted by molar-refractivity contribution is 14.1. The third-order valence-electron chi connectivity index (χ3n) is 4.32. The van der Waals surface area contributed by atoms with Crippen molar-refractivity contribution in [3.63, 3.8) is 0 Å². The van der Waals surface area contributed by atoms with E-state index in [0.717, 1.165) is 27.7 Å². The van der Waals surface area contributed by atoms with E-state index in [1.165, 1.54) is 55.9 Å². The number of ether oxygens (including phenoxy) is 1. The lowest BCUT2D eigenvalue weighted by Crippen LogP contribution is -1.99. The first kappa shape index (κ1) is 22.9. The summed E-state index contributed by atoms with van der Waals surface area (Å²) in [5.41, 5.74) is 3.73. The molecule has 2 aromatic rings. The van der Waals surface area contributed by atoms with Gasteiger partial charge in [-0.2, -0.15) is 0 Å². The molecule has 2 rings (SSSR count). The summed E-state index contributed by atoms with van der Waals surface area (Å²) in [6, 6.07) is 8.75. The monoisotopic (exact) mass is 704 g/mol. The normalized spacial score (nSPS) is 11.0. The Morgan fingerprint density at radius 2 is 1.38 bits per heavy atom. The van der Waals surface area contributed by atoms with Crippen molar-refractivity contribution in [2.24, 2.45) is 0 Å². The molecule has 0 radical (unpaired) electrons. The van der Waals surface area contributed by atoms with Crippen molar-refractivity contribution in [2.75, 3.05) is 6.61 Å². The fraction of sp³-hybridized carbons (Fsp3) is 0.429. The van der Waals surface area contributed by atoms with E-state index < -0.39 is 0 Å². The van der Waals surface area contributed by atoms with Crippen LogP contribution in [0, 0.1) is 14.1 Å². The van der Waals surface area contributed by atoms with Crippen molar-refractivity contribution in [1.82, 2.24) is 0 Å². The van der Waals surface area contributed by atoms with Crippen LogP contribution in [0.3, 0.4) is 0 Å². The fourth-order valence-corrected chi connectivity index (χ4v) is 5.95. The van der Waals surface area contributed by atoms with Gasteiger partial charge in [-0.15, -0.1) is 0 Å². The number of aryl methyl sites for hydroxylation is 1. The van der Waals surface area contributed by atoms with Gasteiger partial charge in [0, 0.05) is 11.6 Å². The molecule has 0 aliphatic heterocycles. The van der Waals surface area contributed by atoms with Gasteiger partial charge in [-0.3, -0.25) is 0 Å². The second kappa shape index (κ2) is 11.6. The van der Waals surface area contributed by atoms with Gasteiger partial charge in [-0.05, 0) is 115 Å². The molecule has 0 spiro atoms. The molecule has 0 aliphatic rings. The molecule has 0 saturated heterocycles. The molecular weight excluding hydrogens is 682 g/mol. The minimum Gasteiger partial charge on any atom is -0.492 e. The van der Waals surface area contributed by atoms with Gasteiger partial charge in [0.05, 0.1) is 11.1 Å². The Hall–Kier alpha value is 0.660. The van der Waals surface area contributed by atoms with Crippen molar-refractivity contribution >= 4 is 77.0 Å². The van der Waals surface area contributed by atoms with E-state index in [1.54, 1.807) is 0 Å². The number of rotatable bonds is 9. The van der Waals surface area contributed by atoms with E-state index in [0.29, 0.717) is 0 Å². The molecule has 2 aromatic carbocycles. The number of halogens is 4. The lowest BCUT2D eigenvalue weighted by molar-refractivity contribution is 0.302. The van der Waals surface area contributed by atoms with E-state index in [9.17, 15) is 0 Å². The summed E-state index contributed by atoms with van der Waals surface area (Å²) in [7, 11) is 0. The van der Waals surface area contributed by atoms with Crippen LogP contribution in [0.5, 0.6) is 5.75 Å². The fourth-order valence-electron chi connectivity index (χ4n) is 2.77. The molecule has 142 valence electrons. The summed E-state index contributed by atoms with van der Waals surface area (Å²) in [4.78, 5) is 0. The van der Waals surface area contributed by atoms with Crippen LogP contribution in [-0.4, -0.2) is 6.61 Å². The molecule has 0 heterocycles. The summed E-state index contributed by atoms with van der Waals surface area (Å²) in [6.07, 6.45) is 7.66. The predicted molar refractivity (Wildman–Crippen MR) is 136 cm³/mol. The Balaban J connectivity index is 2.11. The summed E-state index contributed by atoms with van der Waals surface area (Å²) in [5.74, 6) is 0.936. The molecule has 0 atom stereocenters. The first-order valence-electron chi connectivity index (χ1n) is 9.02. The Bertz CT molecular complexity index is 747. The third kappa shape index (κ3) is 6.62. The Morgan fingerprint density at radius 1 is 0.808 bits per heavy atom. The highest BCUT2D eigenvalue weighted by Crippen LogP contribution is 2.38. The molecule has 0 amide bonds. The zero-order valence-electron chi connectivity index (χ0n) is 15.2. The van der Waals surface area contributed by atoms with Crippen molar-refractivity contribution in [3.05, 3.63) is 45.9 Å². The summed E-state index contributed by atoms with van der Waals surface area (Å²) < 4.78 is 10.7. The summed E-state index contributed by atoms with van der Waals surface area (Å²) in [5, 5.41) is 0. The van der Waals surface area contributed by atoms with Gasteiger partial charge in [0.25, 0.3) is 0 Å². The molecule has 1 nitrogen and oxygen atoms in total. The number of hydrogen-bond donors (Lipinski definition) is 0. The number of unbranched alkanes of at least 4 members (excludes halogenated alkanes) is 5. The largest absolute Gasteiger partial charge is 0.492 e. The lowest BCUT2D eigenvalue weighted by Gasteiger charge is -2.14. The standard InChI is InChI=1S/C21H24Br2I2O/c1-3-4-5-6-7-8-9-26-21-11-16(20(25)13-18(21)23)15-10-14(2)17(22)12-19(15)24/h10-13H,3-9H2,1-2H3. The molecule has 0 aliphatic carbocycles. The molecule has 0 saturated carbocycles. The van der Waals surface area contributed by atoms with Gasteiger partial charge in [-0.1, -0.05) is 55.0 Å². The maximum Gasteiger partial charge on any atom is 0.134 e. The first-order chi connectivity index (χ1) is 12.4. The predicted octanol–water partition coefficient (Wildman–Crippen LogP) is 9.14. The van der Waals surface area contributed by atoms with Crippen LogP contribution in [0.25, 0.3) is 11.1 Å². The van der Waals surface area contributed by atoms with Gasteiger partial charge in [0.2, 0.25) is 0 Å². The van der Waals surface area contributed by atoms with Crippen molar-refractivity contribution < 1.29 is 4.74 Å². The van der Waals surface area contributed by atoms with Gasteiger partial charge >= 0.3 is 0 Å². The minimum atomic E-state index is 0.779. The van der Waals surface area contributed by atoms with Crippen LogP contribution in [0.15, 0.2) is 33.2 Å². The maximum atomic E-state index is 6.09. The minimum absolute atomic E-state index is 0.779. The van der Waals surface area contributed by atoms with E-state index >= 15 is 0 Å². The van der Waals surface area contributed by atoms with E-state index in [-0.39, 0.29) is 0 Å². The van der Waals surface area contributed by atoms with E-state index in [1.807, 2.05) is 0 Å². The van der Waals surface area contributed by atoms with Gasteiger partial charge in [0.1, 0.15) is 5.75 Å². The molecule has 5 heteroatoms. The zero-order chi connectivity index (χ0) is 19.1. The molecule has 0 unspecified atom stereocenters. The molecule has 0 N–H and O–H groups in total. The van der Waals surface area contributed by atoms with E-state index in [2.05, 4.69) is 115 Å². The summed E-state index contributed by atoms with van der Waals surface area (Å²) >= 11 is 12.1. The molecule has 26 heavy (non-hydrogen) atoms. The highest BCUT2D eigenvalue weighted by atomic mass is 127. The Labute approximate surface area is 201 Å². The quantitative estimate of drug-likeness (QED) is 0.187. The Kier molecular flexibility index (Phi) is 10.2. The van der Waals surface area contributed by atoms with Crippen LogP contribution in [0.2, 0.25) is 0 Å². The number of benzene rings is 2.